The number of rotatable bonds is 5. The van der Waals surface area contributed by atoms with Crippen LogP contribution in [0.4, 0.5) is 4.39 Å². The van der Waals surface area contributed by atoms with E-state index in [1.807, 2.05) is 0 Å². The van der Waals surface area contributed by atoms with Gasteiger partial charge in [-0.15, -0.1) is 0 Å². The Morgan fingerprint density at radius 3 is 2.65 bits per heavy atom. The van der Waals surface area contributed by atoms with E-state index in [-0.39, 0.29) is 11.9 Å². The van der Waals surface area contributed by atoms with E-state index in [0.717, 1.165) is 31.7 Å². The van der Waals surface area contributed by atoms with Gasteiger partial charge in [-0.2, -0.15) is 0 Å². The Kier molecular flexibility index (Phi) is 5.46. The number of halogens is 1. The molecule has 0 radical (unpaired) electrons. The second-order valence-corrected chi connectivity index (χ2v) is 5.83. The van der Waals surface area contributed by atoms with E-state index in [2.05, 4.69) is 28.9 Å². The second-order valence-electron chi connectivity index (χ2n) is 5.83. The lowest BCUT2D eigenvalue weighted by Crippen LogP contribution is -2.42. The predicted molar refractivity (Wildman–Crippen MR) is 78.9 cm³/mol. The van der Waals surface area contributed by atoms with Gasteiger partial charge in [-0.3, -0.25) is 4.98 Å². The molecule has 0 spiro atoms. The zero-order valence-electron chi connectivity index (χ0n) is 12.4. The third-order valence-electron chi connectivity index (χ3n) is 4.17. The van der Waals surface area contributed by atoms with Crippen molar-refractivity contribution in [3.05, 3.63) is 29.8 Å². The van der Waals surface area contributed by atoms with Gasteiger partial charge in [-0.1, -0.05) is 0 Å². The average Bonchev–Trinajstić information content (AvgIpc) is 2.46. The summed E-state index contributed by atoms with van der Waals surface area (Å²) in [5, 5.41) is 0. The molecule has 1 aromatic heterocycles. The lowest BCUT2D eigenvalue weighted by atomic mass is 10.0. The molecule has 0 aliphatic carbocycles. The minimum absolute atomic E-state index is 0.109. The lowest BCUT2D eigenvalue weighted by Gasteiger charge is -2.35. The van der Waals surface area contributed by atoms with Crippen LogP contribution in [0.25, 0.3) is 0 Å². The summed E-state index contributed by atoms with van der Waals surface area (Å²) in [5.41, 5.74) is 6.89. The summed E-state index contributed by atoms with van der Waals surface area (Å²) in [6, 6.07) is 3.70. The Labute approximate surface area is 120 Å². The molecule has 1 unspecified atom stereocenters. The second kappa shape index (κ2) is 7.11. The van der Waals surface area contributed by atoms with Crippen LogP contribution in [0.2, 0.25) is 0 Å². The molecule has 0 bridgehead atoms. The predicted octanol–water partition coefficient (Wildman–Crippen LogP) is 1.64. The Hall–Kier alpha value is -1.04. The first-order chi connectivity index (χ1) is 9.56. The van der Waals surface area contributed by atoms with Crippen molar-refractivity contribution in [2.75, 3.05) is 33.7 Å². The third kappa shape index (κ3) is 4.23. The van der Waals surface area contributed by atoms with Gasteiger partial charge in [0, 0.05) is 12.1 Å². The van der Waals surface area contributed by atoms with Crippen LogP contribution in [-0.2, 0) is 0 Å². The number of likely N-dealkylation sites (tertiary alicyclic amines) is 1. The summed E-state index contributed by atoms with van der Waals surface area (Å²) < 4.78 is 12.8. The molecular weight excluding hydrogens is 255 g/mol. The zero-order valence-corrected chi connectivity index (χ0v) is 12.4. The molecule has 0 saturated carbocycles. The number of hydrogen-bond donors (Lipinski definition) is 1. The van der Waals surface area contributed by atoms with Crippen LogP contribution in [0.15, 0.2) is 18.3 Å². The summed E-state index contributed by atoms with van der Waals surface area (Å²) in [5.74, 6) is -0.313. The van der Waals surface area contributed by atoms with Crippen molar-refractivity contribution < 1.29 is 4.39 Å². The highest BCUT2D eigenvalue weighted by molar-refractivity contribution is 5.09. The molecule has 1 atom stereocenters. The van der Waals surface area contributed by atoms with Crippen molar-refractivity contribution in [1.82, 2.24) is 14.8 Å². The number of nitrogens with two attached hydrogens (primary N) is 1. The molecule has 4 nitrogen and oxygen atoms in total. The fourth-order valence-corrected chi connectivity index (χ4v) is 2.74. The minimum Gasteiger partial charge on any atom is -0.323 e. The highest BCUT2D eigenvalue weighted by Crippen LogP contribution is 2.17. The normalized spacial score (nSPS) is 19.4. The van der Waals surface area contributed by atoms with Gasteiger partial charge in [-0.05, 0) is 65.1 Å². The van der Waals surface area contributed by atoms with Crippen molar-refractivity contribution in [2.24, 2.45) is 5.73 Å². The lowest BCUT2D eigenvalue weighted by molar-refractivity contribution is 0.142. The molecule has 20 heavy (non-hydrogen) atoms. The number of piperidine rings is 1. The maximum atomic E-state index is 12.8. The largest absolute Gasteiger partial charge is 0.323 e. The average molecular weight is 280 g/mol. The van der Waals surface area contributed by atoms with E-state index >= 15 is 0 Å². The van der Waals surface area contributed by atoms with Crippen LogP contribution in [0.3, 0.4) is 0 Å². The Bertz CT molecular complexity index is 399. The Morgan fingerprint density at radius 2 is 2.10 bits per heavy atom. The summed E-state index contributed by atoms with van der Waals surface area (Å²) in [4.78, 5) is 8.82. The SMILES string of the molecule is CN(C)C1CCN(CCC(N)c2ccc(F)cn2)CC1. The summed E-state index contributed by atoms with van der Waals surface area (Å²) in [6.07, 6.45) is 4.54. The standard InChI is InChI=1S/C15H25FN4/c1-19(2)13-5-8-20(9-6-13)10-7-14(17)15-4-3-12(16)11-18-15/h3-4,11,13-14H,5-10,17H2,1-2H3. The Morgan fingerprint density at radius 1 is 1.40 bits per heavy atom. The van der Waals surface area contributed by atoms with Crippen molar-refractivity contribution in [3.63, 3.8) is 0 Å². The van der Waals surface area contributed by atoms with Gasteiger partial charge in [0.15, 0.2) is 0 Å². The van der Waals surface area contributed by atoms with E-state index in [4.69, 9.17) is 5.73 Å². The molecule has 1 fully saturated rings. The molecular formula is C15H25FN4. The van der Waals surface area contributed by atoms with Crippen molar-refractivity contribution in [1.29, 1.82) is 0 Å². The van der Waals surface area contributed by atoms with Gasteiger partial charge in [-0.25, -0.2) is 4.39 Å². The fourth-order valence-electron chi connectivity index (χ4n) is 2.74. The van der Waals surface area contributed by atoms with Crippen LogP contribution < -0.4 is 5.73 Å². The van der Waals surface area contributed by atoms with E-state index in [1.54, 1.807) is 6.07 Å². The third-order valence-corrected chi connectivity index (χ3v) is 4.17. The van der Waals surface area contributed by atoms with Crippen LogP contribution >= 0.6 is 0 Å². The van der Waals surface area contributed by atoms with E-state index in [0.29, 0.717) is 6.04 Å². The number of aromatic nitrogens is 1. The molecule has 1 saturated heterocycles. The molecule has 1 aromatic rings. The van der Waals surface area contributed by atoms with Gasteiger partial charge in [0.1, 0.15) is 5.82 Å². The van der Waals surface area contributed by atoms with Gasteiger partial charge in [0.25, 0.3) is 0 Å². The van der Waals surface area contributed by atoms with Gasteiger partial charge in [0.2, 0.25) is 0 Å². The first-order valence-electron chi connectivity index (χ1n) is 7.32. The maximum Gasteiger partial charge on any atom is 0.141 e. The van der Waals surface area contributed by atoms with E-state index in [9.17, 15) is 4.39 Å². The topological polar surface area (TPSA) is 45.4 Å². The van der Waals surface area contributed by atoms with Crippen LogP contribution in [-0.4, -0.2) is 54.6 Å². The zero-order chi connectivity index (χ0) is 14.5. The monoisotopic (exact) mass is 280 g/mol. The smallest absolute Gasteiger partial charge is 0.141 e. The molecule has 2 rings (SSSR count). The summed E-state index contributed by atoms with van der Waals surface area (Å²) in [6.45, 7) is 3.25. The van der Waals surface area contributed by atoms with Crippen LogP contribution in [0.1, 0.15) is 31.0 Å². The molecule has 1 aliphatic rings. The molecule has 2 heterocycles. The van der Waals surface area contributed by atoms with Gasteiger partial charge < -0.3 is 15.5 Å². The van der Waals surface area contributed by atoms with Crippen LogP contribution in [0, 0.1) is 5.82 Å². The molecule has 1 aliphatic heterocycles. The quantitative estimate of drug-likeness (QED) is 0.890. The van der Waals surface area contributed by atoms with Crippen molar-refractivity contribution in [2.45, 2.75) is 31.3 Å². The van der Waals surface area contributed by atoms with Crippen LogP contribution in [0.5, 0.6) is 0 Å². The van der Waals surface area contributed by atoms with Crippen molar-refractivity contribution >= 4 is 0 Å². The van der Waals surface area contributed by atoms with Gasteiger partial charge in [0.05, 0.1) is 11.9 Å². The maximum absolute atomic E-state index is 12.8. The first-order valence-corrected chi connectivity index (χ1v) is 7.32. The molecule has 5 heteroatoms. The molecule has 112 valence electrons. The van der Waals surface area contributed by atoms with Gasteiger partial charge >= 0.3 is 0 Å². The minimum atomic E-state index is -0.313. The van der Waals surface area contributed by atoms with E-state index < -0.39 is 0 Å². The molecule has 2 N–H and O–H groups in total. The number of hydrogen-bond acceptors (Lipinski definition) is 4. The summed E-state index contributed by atoms with van der Waals surface area (Å²) in [7, 11) is 4.30. The fraction of sp³-hybridized carbons (Fsp3) is 0.667. The first kappa shape index (κ1) is 15.4. The molecule has 0 amide bonds. The summed E-state index contributed by atoms with van der Waals surface area (Å²) >= 11 is 0. The van der Waals surface area contributed by atoms with Crippen molar-refractivity contribution in [3.8, 4) is 0 Å². The highest BCUT2D eigenvalue weighted by Gasteiger charge is 2.20. The molecule has 0 aromatic carbocycles. The number of pyridine rings is 1. The van der Waals surface area contributed by atoms with E-state index in [1.165, 1.54) is 25.1 Å². The highest BCUT2D eigenvalue weighted by atomic mass is 19.1. The number of nitrogens with zero attached hydrogens (tertiary/aromatic N) is 3. The Balaban J connectivity index is 1.74.